The van der Waals surface area contributed by atoms with Crippen LogP contribution in [0.15, 0.2) is 0 Å². The number of hydrogen-bond donors (Lipinski definition) is 0. The minimum absolute atomic E-state index is 0.192. The van der Waals surface area contributed by atoms with Crippen molar-refractivity contribution < 1.29 is 13.6 Å². The highest BCUT2D eigenvalue weighted by Crippen LogP contribution is 2.27. The fourth-order valence-corrected chi connectivity index (χ4v) is 2.83. The summed E-state index contributed by atoms with van der Waals surface area (Å²) in [5.74, 6) is 0.440. The van der Waals surface area contributed by atoms with E-state index in [0.717, 1.165) is 19.5 Å². The molecule has 0 aromatic carbocycles. The molecule has 5 nitrogen and oxygen atoms in total. The smallest absolute Gasteiger partial charge is 0.310 e. The molecule has 1 heterocycles. The zero-order valence-corrected chi connectivity index (χ0v) is 12.2. The van der Waals surface area contributed by atoms with Crippen LogP contribution in [0.3, 0.4) is 0 Å². The molecule has 0 spiro atoms. The fourth-order valence-electron chi connectivity index (χ4n) is 2.11. The molecular weight excluding hydrogens is 251 g/mol. The number of rotatable bonds is 7. The third-order valence-electron chi connectivity index (χ3n) is 3.15. The molecule has 0 amide bonds. The maximum Gasteiger partial charge on any atom is 0.319 e. The number of nitrogens with zero attached hydrogens (tertiary/aromatic N) is 2. The van der Waals surface area contributed by atoms with Crippen LogP contribution in [0, 0.1) is 17.2 Å². The zero-order chi connectivity index (χ0) is 13.4. The van der Waals surface area contributed by atoms with E-state index in [1.165, 1.54) is 6.42 Å². The summed E-state index contributed by atoms with van der Waals surface area (Å²) in [6, 6.07) is 2.49. The molecule has 0 aromatic rings. The lowest BCUT2D eigenvalue weighted by atomic mass is 9.98. The maximum atomic E-state index is 11.4. The SMILES string of the molecule is CC(C)N1CCCC(CO[PH](=O)OCCC#N)C1. The Morgan fingerprint density at radius 1 is 1.50 bits per heavy atom. The van der Waals surface area contributed by atoms with Crippen molar-refractivity contribution in [3.63, 3.8) is 0 Å². The van der Waals surface area contributed by atoms with Gasteiger partial charge >= 0.3 is 8.25 Å². The van der Waals surface area contributed by atoms with Gasteiger partial charge in [0.25, 0.3) is 0 Å². The van der Waals surface area contributed by atoms with E-state index in [0.29, 0.717) is 18.6 Å². The van der Waals surface area contributed by atoms with Crippen LogP contribution < -0.4 is 0 Å². The van der Waals surface area contributed by atoms with Crippen LogP contribution >= 0.6 is 8.25 Å². The molecule has 1 aliphatic rings. The molecule has 0 aliphatic carbocycles. The fraction of sp³-hybridized carbons (Fsp3) is 0.917. The van der Waals surface area contributed by atoms with Crippen LogP contribution in [-0.4, -0.2) is 37.2 Å². The van der Waals surface area contributed by atoms with Crippen LogP contribution in [-0.2, 0) is 13.6 Å². The van der Waals surface area contributed by atoms with Crippen molar-refractivity contribution in [2.45, 2.75) is 39.2 Å². The lowest BCUT2D eigenvalue weighted by molar-refractivity contribution is 0.102. The first-order chi connectivity index (χ1) is 8.63. The largest absolute Gasteiger partial charge is 0.319 e. The van der Waals surface area contributed by atoms with E-state index in [-0.39, 0.29) is 13.0 Å². The van der Waals surface area contributed by atoms with Crippen molar-refractivity contribution in [3.8, 4) is 6.07 Å². The van der Waals surface area contributed by atoms with Gasteiger partial charge in [0.1, 0.15) is 0 Å². The molecule has 1 saturated heterocycles. The van der Waals surface area contributed by atoms with Crippen molar-refractivity contribution in [2.24, 2.45) is 5.92 Å². The molecule has 1 aliphatic heterocycles. The Labute approximate surface area is 110 Å². The molecular formula is C12H23N2O3P. The number of hydrogen-bond acceptors (Lipinski definition) is 5. The van der Waals surface area contributed by atoms with Gasteiger partial charge in [-0.15, -0.1) is 0 Å². The van der Waals surface area contributed by atoms with Gasteiger partial charge in [-0.1, -0.05) is 0 Å². The van der Waals surface area contributed by atoms with Gasteiger partial charge in [-0.3, -0.25) is 4.57 Å². The second kappa shape index (κ2) is 8.66. The Morgan fingerprint density at radius 3 is 2.94 bits per heavy atom. The normalized spacial score (nSPS) is 22.9. The summed E-state index contributed by atoms with van der Waals surface area (Å²) < 4.78 is 21.6. The van der Waals surface area contributed by atoms with Crippen molar-refractivity contribution in [1.82, 2.24) is 4.90 Å². The molecule has 2 unspecified atom stereocenters. The monoisotopic (exact) mass is 274 g/mol. The third-order valence-corrected chi connectivity index (χ3v) is 3.99. The molecule has 0 aromatic heterocycles. The molecule has 18 heavy (non-hydrogen) atoms. The van der Waals surface area contributed by atoms with Gasteiger partial charge in [-0.2, -0.15) is 5.26 Å². The maximum absolute atomic E-state index is 11.4. The average Bonchev–Trinajstić information content (AvgIpc) is 2.37. The second-order valence-corrected chi connectivity index (χ2v) is 5.99. The highest BCUT2D eigenvalue weighted by atomic mass is 31.1. The first-order valence-corrected chi connectivity index (χ1v) is 7.76. The number of nitriles is 1. The van der Waals surface area contributed by atoms with Gasteiger partial charge in [-0.25, -0.2) is 0 Å². The summed E-state index contributed by atoms with van der Waals surface area (Å²) in [7, 11) is -2.42. The topological polar surface area (TPSA) is 62.6 Å². The lowest BCUT2D eigenvalue weighted by Gasteiger charge is -2.35. The van der Waals surface area contributed by atoms with Crippen LogP contribution in [0.5, 0.6) is 0 Å². The first-order valence-electron chi connectivity index (χ1n) is 6.54. The standard InChI is InChI=1S/C12H23N2O3P/c1-11(2)14-7-3-5-12(9-14)10-17-18(15)16-8-4-6-13/h11-12,18H,3-5,7-10H2,1-2H3. The van der Waals surface area contributed by atoms with Crippen LogP contribution in [0.4, 0.5) is 0 Å². The summed E-state index contributed by atoms with van der Waals surface area (Å²) in [6.07, 6.45) is 2.54. The van der Waals surface area contributed by atoms with Crippen LogP contribution in [0.1, 0.15) is 33.1 Å². The minimum Gasteiger partial charge on any atom is -0.310 e. The summed E-state index contributed by atoms with van der Waals surface area (Å²) in [5.41, 5.74) is 0. The van der Waals surface area contributed by atoms with Crippen LogP contribution in [0.25, 0.3) is 0 Å². The summed E-state index contributed by atoms with van der Waals surface area (Å²) >= 11 is 0. The van der Waals surface area contributed by atoms with Crippen LogP contribution in [0.2, 0.25) is 0 Å². The van der Waals surface area contributed by atoms with Gasteiger partial charge in [0, 0.05) is 12.6 Å². The van der Waals surface area contributed by atoms with Gasteiger partial charge < -0.3 is 13.9 Å². The highest BCUT2D eigenvalue weighted by molar-refractivity contribution is 7.33. The van der Waals surface area contributed by atoms with Gasteiger partial charge in [0.15, 0.2) is 0 Å². The molecule has 1 fully saturated rings. The van der Waals surface area contributed by atoms with Gasteiger partial charge in [0.05, 0.1) is 25.7 Å². The van der Waals surface area contributed by atoms with E-state index in [1.807, 2.05) is 6.07 Å². The van der Waals surface area contributed by atoms with Gasteiger partial charge in [-0.05, 0) is 39.2 Å². The molecule has 0 radical (unpaired) electrons. The molecule has 0 saturated carbocycles. The van der Waals surface area contributed by atoms with E-state index >= 15 is 0 Å². The van der Waals surface area contributed by atoms with Crippen molar-refractivity contribution >= 4 is 8.25 Å². The third kappa shape index (κ3) is 5.97. The summed E-state index contributed by atoms with van der Waals surface area (Å²) in [5, 5.41) is 8.33. The highest BCUT2D eigenvalue weighted by Gasteiger charge is 2.22. The van der Waals surface area contributed by atoms with Crippen molar-refractivity contribution in [1.29, 1.82) is 5.26 Å². The van der Waals surface area contributed by atoms with E-state index in [2.05, 4.69) is 18.7 Å². The molecule has 2 atom stereocenters. The van der Waals surface area contributed by atoms with E-state index < -0.39 is 8.25 Å². The van der Waals surface area contributed by atoms with Crippen molar-refractivity contribution in [2.75, 3.05) is 26.3 Å². The zero-order valence-electron chi connectivity index (χ0n) is 11.2. The quantitative estimate of drug-likeness (QED) is 0.527. The number of piperidine rings is 1. The Balaban J connectivity index is 2.18. The molecule has 0 N–H and O–H groups in total. The van der Waals surface area contributed by atoms with E-state index in [9.17, 15) is 4.57 Å². The van der Waals surface area contributed by atoms with E-state index in [1.54, 1.807) is 0 Å². The second-order valence-electron chi connectivity index (χ2n) is 4.91. The van der Waals surface area contributed by atoms with Gasteiger partial charge in [0.2, 0.25) is 0 Å². The first kappa shape index (κ1) is 15.7. The average molecular weight is 274 g/mol. The number of likely N-dealkylation sites (tertiary alicyclic amines) is 1. The summed E-state index contributed by atoms with van der Waals surface area (Å²) in [4.78, 5) is 2.42. The molecule has 104 valence electrons. The molecule has 0 bridgehead atoms. The Hall–Kier alpha value is -0.400. The lowest BCUT2D eigenvalue weighted by Crippen LogP contribution is -2.41. The van der Waals surface area contributed by atoms with Crippen molar-refractivity contribution in [3.05, 3.63) is 0 Å². The Morgan fingerprint density at radius 2 is 2.28 bits per heavy atom. The summed E-state index contributed by atoms with van der Waals surface area (Å²) in [6.45, 7) is 7.21. The predicted octanol–water partition coefficient (Wildman–Crippen LogP) is 2.44. The molecule has 6 heteroatoms. The Bertz CT molecular complexity index is 304. The Kier molecular flexibility index (Phi) is 7.53. The molecule has 1 rings (SSSR count). The minimum atomic E-state index is -2.42. The van der Waals surface area contributed by atoms with E-state index in [4.69, 9.17) is 14.3 Å². The predicted molar refractivity (Wildman–Crippen MR) is 70.6 cm³/mol.